The van der Waals surface area contributed by atoms with Gasteiger partial charge in [0.25, 0.3) is 0 Å². The molecule has 3 rings (SSSR count). The third kappa shape index (κ3) is 3.29. The van der Waals surface area contributed by atoms with E-state index < -0.39 is 6.04 Å². The summed E-state index contributed by atoms with van der Waals surface area (Å²) in [5, 5.41) is 9.81. The minimum Gasteiger partial charge on any atom is -0.331 e. The summed E-state index contributed by atoms with van der Waals surface area (Å²) in [6.45, 7) is 4.42. The number of likely N-dealkylation sites (tertiary alicyclic amines) is 1. The summed E-state index contributed by atoms with van der Waals surface area (Å²) in [5.41, 5.74) is 1.57. The van der Waals surface area contributed by atoms with E-state index >= 15 is 0 Å². The van der Waals surface area contributed by atoms with Gasteiger partial charge in [0.15, 0.2) is 5.82 Å². The number of rotatable bonds is 5. The molecule has 0 radical (unpaired) electrons. The lowest BCUT2D eigenvalue weighted by Crippen LogP contribution is -2.44. The first-order chi connectivity index (χ1) is 11.6. The van der Waals surface area contributed by atoms with Crippen LogP contribution in [0.5, 0.6) is 0 Å². The Hall–Kier alpha value is -2.70. The lowest BCUT2D eigenvalue weighted by atomic mass is 10.1. The Balaban J connectivity index is 1.68. The van der Waals surface area contributed by atoms with E-state index in [1.165, 1.54) is 0 Å². The zero-order valence-corrected chi connectivity index (χ0v) is 13.9. The molecule has 1 fully saturated rings. The largest absolute Gasteiger partial charge is 0.331 e. The maximum Gasteiger partial charge on any atom is 0.247 e. The first-order valence-corrected chi connectivity index (χ1v) is 8.18. The SMILES string of the molecule is CC[C@H](C(=O)Nc1ccc(-c2n[nH]c(C)n2)cc1)N1CCCC1=O. The van der Waals surface area contributed by atoms with Crippen LogP contribution in [0.1, 0.15) is 32.0 Å². The van der Waals surface area contributed by atoms with Crippen molar-refractivity contribution in [1.82, 2.24) is 20.1 Å². The van der Waals surface area contributed by atoms with E-state index in [-0.39, 0.29) is 11.8 Å². The van der Waals surface area contributed by atoms with Gasteiger partial charge < -0.3 is 10.2 Å². The molecule has 7 nitrogen and oxygen atoms in total. The highest BCUT2D eigenvalue weighted by atomic mass is 16.2. The molecule has 1 saturated heterocycles. The van der Waals surface area contributed by atoms with Gasteiger partial charge in [-0.05, 0) is 44.0 Å². The van der Waals surface area contributed by atoms with Crippen LogP contribution in [0.3, 0.4) is 0 Å². The minimum absolute atomic E-state index is 0.0623. The first-order valence-electron chi connectivity index (χ1n) is 8.18. The molecule has 0 spiro atoms. The molecule has 24 heavy (non-hydrogen) atoms. The van der Waals surface area contributed by atoms with Gasteiger partial charge in [-0.1, -0.05) is 6.92 Å². The number of benzene rings is 1. The Morgan fingerprint density at radius 1 is 1.38 bits per heavy atom. The molecular weight excluding hydrogens is 306 g/mol. The molecule has 0 aliphatic carbocycles. The maximum absolute atomic E-state index is 12.5. The number of amides is 2. The van der Waals surface area contributed by atoms with Gasteiger partial charge in [0.05, 0.1) is 0 Å². The Bertz CT molecular complexity index is 738. The maximum atomic E-state index is 12.5. The van der Waals surface area contributed by atoms with Gasteiger partial charge in [0.1, 0.15) is 11.9 Å². The van der Waals surface area contributed by atoms with Crippen molar-refractivity contribution in [3.63, 3.8) is 0 Å². The summed E-state index contributed by atoms with van der Waals surface area (Å²) in [5.74, 6) is 1.30. The van der Waals surface area contributed by atoms with Crippen molar-refractivity contribution in [3.8, 4) is 11.4 Å². The van der Waals surface area contributed by atoms with Gasteiger partial charge in [-0.2, -0.15) is 5.10 Å². The van der Waals surface area contributed by atoms with Crippen molar-refractivity contribution in [1.29, 1.82) is 0 Å². The number of hydrogen-bond acceptors (Lipinski definition) is 4. The van der Waals surface area contributed by atoms with E-state index in [0.29, 0.717) is 30.9 Å². The first kappa shape index (κ1) is 16.2. The lowest BCUT2D eigenvalue weighted by molar-refractivity contribution is -0.135. The van der Waals surface area contributed by atoms with E-state index in [9.17, 15) is 9.59 Å². The Morgan fingerprint density at radius 2 is 2.12 bits per heavy atom. The van der Waals surface area contributed by atoms with Crippen LogP contribution in [0.2, 0.25) is 0 Å². The highest BCUT2D eigenvalue weighted by Gasteiger charge is 2.31. The van der Waals surface area contributed by atoms with Crippen molar-refractivity contribution in [2.45, 2.75) is 39.2 Å². The Labute approximate surface area is 140 Å². The van der Waals surface area contributed by atoms with E-state index in [2.05, 4.69) is 20.5 Å². The fourth-order valence-electron chi connectivity index (χ4n) is 2.95. The molecule has 0 unspecified atom stereocenters. The highest BCUT2D eigenvalue weighted by molar-refractivity contribution is 5.97. The van der Waals surface area contributed by atoms with Crippen LogP contribution < -0.4 is 5.32 Å². The molecule has 1 atom stereocenters. The quantitative estimate of drug-likeness (QED) is 0.880. The summed E-state index contributed by atoms with van der Waals surface area (Å²) >= 11 is 0. The Kier molecular flexibility index (Phi) is 4.59. The van der Waals surface area contributed by atoms with Gasteiger partial charge in [-0.3, -0.25) is 14.7 Å². The average Bonchev–Trinajstić information content (AvgIpc) is 3.18. The molecule has 1 aliphatic heterocycles. The molecule has 2 amide bonds. The number of aromatic nitrogens is 3. The molecule has 7 heteroatoms. The van der Waals surface area contributed by atoms with Crippen LogP contribution in [-0.2, 0) is 9.59 Å². The second-order valence-electron chi connectivity index (χ2n) is 5.93. The van der Waals surface area contributed by atoms with E-state index in [4.69, 9.17) is 0 Å². The van der Waals surface area contributed by atoms with Crippen molar-refractivity contribution in [2.75, 3.05) is 11.9 Å². The van der Waals surface area contributed by atoms with Gasteiger partial charge >= 0.3 is 0 Å². The van der Waals surface area contributed by atoms with Crippen LogP contribution in [0.15, 0.2) is 24.3 Å². The zero-order valence-electron chi connectivity index (χ0n) is 13.9. The fourth-order valence-corrected chi connectivity index (χ4v) is 2.95. The second kappa shape index (κ2) is 6.82. The van der Waals surface area contributed by atoms with Crippen LogP contribution in [0, 0.1) is 6.92 Å². The number of carbonyl (C=O) groups is 2. The van der Waals surface area contributed by atoms with Gasteiger partial charge in [-0.15, -0.1) is 0 Å². The molecule has 2 N–H and O–H groups in total. The van der Waals surface area contributed by atoms with Crippen molar-refractivity contribution >= 4 is 17.5 Å². The number of aryl methyl sites for hydroxylation is 1. The van der Waals surface area contributed by atoms with Gasteiger partial charge in [0, 0.05) is 24.2 Å². The normalized spacial score (nSPS) is 15.6. The average molecular weight is 327 g/mol. The molecule has 1 aromatic carbocycles. The summed E-state index contributed by atoms with van der Waals surface area (Å²) in [6, 6.07) is 6.95. The molecular formula is C17H21N5O2. The van der Waals surface area contributed by atoms with Crippen molar-refractivity contribution in [3.05, 3.63) is 30.1 Å². The zero-order chi connectivity index (χ0) is 17.1. The molecule has 0 saturated carbocycles. The molecule has 1 aliphatic rings. The number of nitrogens with one attached hydrogen (secondary N) is 2. The van der Waals surface area contributed by atoms with E-state index in [1.807, 2.05) is 38.1 Å². The molecule has 126 valence electrons. The number of aromatic amines is 1. The smallest absolute Gasteiger partial charge is 0.247 e. The number of carbonyl (C=O) groups excluding carboxylic acids is 2. The standard InChI is InChI=1S/C17H21N5O2/c1-3-14(22-10-4-5-15(22)23)17(24)19-13-8-6-12(7-9-13)16-18-11(2)20-21-16/h6-9,14H,3-5,10H2,1-2H3,(H,19,24)(H,18,20,21)/t14-/m1/s1. The minimum atomic E-state index is -0.407. The topological polar surface area (TPSA) is 91.0 Å². The lowest BCUT2D eigenvalue weighted by Gasteiger charge is -2.25. The molecule has 2 heterocycles. The van der Waals surface area contributed by atoms with Crippen molar-refractivity contribution < 1.29 is 9.59 Å². The molecule has 2 aromatic rings. The van der Waals surface area contributed by atoms with Crippen LogP contribution in [-0.4, -0.2) is 44.5 Å². The molecule has 0 bridgehead atoms. The summed E-state index contributed by atoms with van der Waals surface area (Å²) < 4.78 is 0. The predicted octanol–water partition coefficient (Wildman–Crippen LogP) is 2.12. The summed E-state index contributed by atoms with van der Waals surface area (Å²) in [6.07, 6.45) is 1.97. The number of H-pyrrole nitrogens is 1. The van der Waals surface area contributed by atoms with E-state index in [1.54, 1.807) is 4.90 Å². The van der Waals surface area contributed by atoms with Gasteiger partial charge in [0.2, 0.25) is 11.8 Å². The van der Waals surface area contributed by atoms with Crippen LogP contribution in [0.25, 0.3) is 11.4 Å². The van der Waals surface area contributed by atoms with E-state index in [0.717, 1.165) is 17.8 Å². The highest BCUT2D eigenvalue weighted by Crippen LogP contribution is 2.20. The predicted molar refractivity (Wildman–Crippen MR) is 90.2 cm³/mol. The van der Waals surface area contributed by atoms with Crippen LogP contribution in [0.4, 0.5) is 5.69 Å². The fraction of sp³-hybridized carbons (Fsp3) is 0.412. The third-order valence-corrected chi connectivity index (χ3v) is 4.18. The summed E-state index contributed by atoms with van der Waals surface area (Å²) in [7, 11) is 0. The van der Waals surface area contributed by atoms with Gasteiger partial charge in [-0.25, -0.2) is 4.98 Å². The Morgan fingerprint density at radius 3 is 2.67 bits per heavy atom. The van der Waals surface area contributed by atoms with Crippen LogP contribution >= 0.6 is 0 Å². The monoisotopic (exact) mass is 327 g/mol. The number of anilines is 1. The number of nitrogens with zero attached hydrogens (tertiary/aromatic N) is 3. The number of hydrogen-bond donors (Lipinski definition) is 2. The van der Waals surface area contributed by atoms with Crippen molar-refractivity contribution in [2.24, 2.45) is 0 Å². The molecule has 1 aromatic heterocycles. The second-order valence-corrected chi connectivity index (χ2v) is 5.93. The third-order valence-electron chi connectivity index (χ3n) is 4.18. The summed E-state index contributed by atoms with van der Waals surface area (Å²) in [4.78, 5) is 30.3.